The third-order valence-electron chi connectivity index (χ3n) is 4.20. The molecular weight excluding hydrogens is 312 g/mol. The fourth-order valence-corrected chi connectivity index (χ4v) is 2.85. The minimum absolute atomic E-state index is 0.0870. The first-order valence-corrected chi connectivity index (χ1v) is 8.35. The van der Waals surface area contributed by atoms with Crippen molar-refractivity contribution in [3.63, 3.8) is 0 Å². The predicted molar refractivity (Wildman–Crippen MR) is 98.0 cm³/mol. The Bertz CT molecular complexity index is 732. The molecule has 5 nitrogen and oxygen atoms in total. The average molecular weight is 334 g/mol. The monoisotopic (exact) mass is 334 g/mol. The van der Waals surface area contributed by atoms with Crippen molar-refractivity contribution in [2.75, 3.05) is 6.54 Å². The van der Waals surface area contributed by atoms with Crippen LogP contribution in [-0.4, -0.2) is 28.5 Å². The number of aromatic nitrogens is 2. The first kappa shape index (κ1) is 16.9. The van der Waals surface area contributed by atoms with Crippen molar-refractivity contribution < 1.29 is 4.79 Å². The van der Waals surface area contributed by atoms with Crippen LogP contribution in [0.15, 0.2) is 73.2 Å². The number of hydrogen-bond donors (Lipinski definition) is 3. The zero-order chi connectivity index (χ0) is 17.5. The van der Waals surface area contributed by atoms with Gasteiger partial charge in [0.05, 0.1) is 18.1 Å². The number of nitrogens with one attached hydrogen (secondary N) is 2. The summed E-state index contributed by atoms with van der Waals surface area (Å²) in [6.07, 6.45) is 3.75. The topological polar surface area (TPSA) is 83.8 Å². The summed E-state index contributed by atoms with van der Waals surface area (Å²) in [5.41, 5.74) is 9.11. The Balaban J connectivity index is 1.67. The Labute approximate surface area is 147 Å². The van der Waals surface area contributed by atoms with Crippen LogP contribution in [0.25, 0.3) is 0 Å². The fraction of sp³-hybridized carbons (Fsp3) is 0.200. The van der Waals surface area contributed by atoms with Gasteiger partial charge in [-0.1, -0.05) is 60.7 Å². The van der Waals surface area contributed by atoms with Crippen molar-refractivity contribution in [1.82, 2.24) is 15.3 Å². The molecule has 0 aliphatic rings. The Kier molecular flexibility index (Phi) is 5.59. The molecule has 2 aromatic carbocycles. The van der Waals surface area contributed by atoms with E-state index in [1.54, 1.807) is 12.5 Å². The standard InChI is InChI=1S/C20H22N4O/c21-19(11-17-12-22-14-24-17)20(25)23-13-18(15-7-3-1-4-8-15)16-9-5-2-6-10-16/h1-10,12,14,18-19H,11,13,21H2,(H,22,24)(H,23,25)/t19-/m0/s1. The minimum atomic E-state index is -0.615. The first-order chi connectivity index (χ1) is 12.2. The van der Waals surface area contributed by atoms with E-state index >= 15 is 0 Å². The summed E-state index contributed by atoms with van der Waals surface area (Å²) in [4.78, 5) is 19.3. The van der Waals surface area contributed by atoms with Gasteiger partial charge in [-0.25, -0.2) is 4.98 Å². The lowest BCUT2D eigenvalue weighted by Crippen LogP contribution is -2.43. The number of carbonyl (C=O) groups excluding carboxylic acids is 1. The molecule has 25 heavy (non-hydrogen) atoms. The highest BCUT2D eigenvalue weighted by Gasteiger charge is 2.19. The number of amides is 1. The lowest BCUT2D eigenvalue weighted by Gasteiger charge is -2.20. The maximum absolute atomic E-state index is 12.4. The van der Waals surface area contributed by atoms with Gasteiger partial charge >= 0.3 is 0 Å². The highest BCUT2D eigenvalue weighted by molar-refractivity contribution is 5.81. The molecule has 0 aliphatic carbocycles. The summed E-state index contributed by atoms with van der Waals surface area (Å²) in [5.74, 6) is -0.0798. The SMILES string of the molecule is N[C@@H](Cc1c[nH]cn1)C(=O)NCC(c1ccccc1)c1ccccc1. The molecule has 0 unspecified atom stereocenters. The van der Waals surface area contributed by atoms with E-state index in [9.17, 15) is 4.79 Å². The Morgan fingerprint density at radius 2 is 1.64 bits per heavy atom. The number of H-pyrrole nitrogens is 1. The molecule has 1 aromatic heterocycles. The predicted octanol–water partition coefficient (Wildman–Crippen LogP) is 2.23. The van der Waals surface area contributed by atoms with Crippen LogP contribution in [0.5, 0.6) is 0 Å². The summed E-state index contributed by atoms with van der Waals surface area (Å²) < 4.78 is 0. The fourth-order valence-electron chi connectivity index (χ4n) is 2.85. The number of carbonyl (C=O) groups is 1. The zero-order valence-electron chi connectivity index (χ0n) is 13.9. The van der Waals surface area contributed by atoms with E-state index in [-0.39, 0.29) is 11.8 Å². The second-order valence-electron chi connectivity index (χ2n) is 5.99. The zero-order valence-corrected chi connectivity index (χ0v) is 13.9. The molecule has 1 heterocycles. The van der Waals surface area contributed by atoms with Crippen LogP contribution in [0.1, 0.15) is 22.7 Å². The van der Waals surface area contributed by atoms with Crippen molar-refractivity contribution in [3.05, 3.63) is 90.0 Å². The van der Waals surface area contributed by atoms with E-state index < -0.39 is 6.04 Å². The molecule has 0 spiro atoms. The van der Waals surface area contributed by atoms with Crippen LogP contribution >= 0.6 is 0 Å². The van der Waals surface area contributed by atoms with Gasteiger partial charge in [-0.2, -0.15) is 0 Å². The molecule has 3 rings (SSSR count). The van der Waals surface area contributed by atoms with Gasteiger partial charge in [0.2, 0.25) is 5.91 Å². The van der Waals surface area contributed by atoms with Crippen LogP contribution in [0.2, 0.25) is 0 Å². The normalized spacial score (nSPS) is 12.1. The van der Waals surface area contributed by atoms with E-state index in [4.69, 9.17) is 5.73 Å². The first-order valence-electron chi connectivity index (χ1n) is 8.35. The maximum atomic E-state index is 12.4. The van der Waals surface area contributed by atoms with Crippen LogP contribution in [0, 0.1) is 0 Å². The van der Waals surface area contributed by atoms with Gasteiger partial charge in [0.15, 0.2) is 0 Å². The highest BCUT2D eigenvalue weighted by Crippen LogP contribution is 2.23. The number of rotatable bonds is 7. The third kappa shape index (κ3) is 4.55. The summed E-state index contributed by atoms with van der Waals surface area (Å²) in [6.45, 7) is 0.501. The number of aromatic amines is 1. The van der Waals surface area contributed by atoms with Gasteiger partial charge in [0.1, 0.15) is 0 Å². The summed E-state index contributed by atoms with van der Waals surface area (Å²) in [5, 5.41) is 2.99. The Morgan fingerprint density at radius 1 is 1.04 bits per heavy atom. The van der Waals surface area contributed by atoms with Crippen molar-refractivity contribution >= 4 is 5.91 Å². The number of benzene rings is 2. The van der Waals surface area contributed by atoms with E-state index in [2.05, 4.69) is 39.6 Å². The third-order valence-corrected chi connectivity index (χ3v) is 4.20. The molecule has 0 bridgehead atoms. The van der Waals surface area contributed by atoms with Crippen molar-refractivity contribution in [2.45, 2.75) is 18.4 Å². The maximum Gasteiger partial charge on any atom is 0.237 e. The molecule has 3 aromatic rings. The quantitative estimate of drug-likeness (QED) is 0.619. The second-order valence-corrected chi connectivity index (χ2v) is 5.99. The molecule has 128 valence electrons. The molecule has 0 radical (unpaired) electrons. The molecular formula is C20H22N4O. The average Bonchev–Trinajstić information content (AvgIpc) is 3.16. The van der Waals surface area contributed by atoms with Gasteiger partial charge in [-0.15, -0.1) is 0 Å². The Morgan fingerprint density at radius 3 is 2.16 bits per heavy atom. The minimum Gasteiger partial charge on any atom is -0.354 e. The lowest BCUT2D eigenvalue weighted by atomic mass is 9.91. The van der Waals surface area contributed by atoms with E-state index in [0.717, 1.165) is 16.8 Å². The van der Waals surface area contributed by atoms with Crippen molar-refractivity contribution in [1.29, 1.82) is 0 Å². The molecule has 4 N–H and O–H groups in total. The van der Waals surface area contributed by atoms with Crippen molar-refractivity contribution in [3.8, 4) is 0 Å². The van der Waals surface area contributed by atoms with Crippen molar-refractivity contribution in [2.24, 2.45) is 5.73 Å². The summed E-state index contributed by atoms with van der Waals surface area (Å²) in [6, 6.07) is 19.7. The van der Waals surface area contributed by atoms with E-state index in [0.29, 0.717) is 13.0 Å². The van der Waals surface area contributed by atoms with Gasteiger partial charge < -0.3 is 16.0 Å². The molecule has 0 saturated carbocycles. The van der Waals surface area contributed by atoms with Gasteiger partial charge in [0.25, 0.3) is 0 Å². The van der Waals surface area contributed by atoms with E-state index in [1.807, 2.05) is 36.4 Å². The van der Waals surface area contributed by atoms with Gasteiger partial charge in [0, 0.05) is 25.1 Å². The molecule has 0 fully saturated rings. The number of nitrogens with zero attached hydrogens (tertiary/aromatic N) is 1. The van der Waals surface area contributed by atoms with Crippen LogP contribution in [0.3, 0.4) is 0 Å². The smallest absolute Gasteiger partial charge is 0.237 e. The van der Waals surface area contributed by atoms with Crippen LogP contribution < -0.4 is 11.1 Å². The molecule has 1 atom stereocenters. The van der Waals surface area contributed by atoms with E-state index in [1.165, 1.54) is 0 Å². The highest BCUT2D eigenvalue weighted by atomic mass is 16.2. The molecule has 0 aliphatic heterocycles. The van der Waals surface area contributed by atoms with Crippen LogP contribution in [0.4, 0.5) is 0 Å². The number of hydrogen-bond acceptors (Lipinski definition) is 3. The molecule has 5 heteroatoms. The van der Waals surface area contributed by atoms with Gasteiger partial charge in [-0.3, -0.25) is 4.79 Å². The van der Waals surface area contributed by atoms with Crippen LogP contribution in [-0.2, 0) is 11.2 Å². The molecule has 0 saturated heterocycles. The number of imidazole rings is 1. The lowest BCUT2D eigenvalue weighted by molar-refractivity contribution is -0.122. The largest absolute Gasteiger partial charge is 0.354 e. The summed E-state index contributed by atoms with van der Waals surface area (Å²) in [7, 11) is 0. The second kappa shape index (κ2) is 8.26. The number of nitrogens with two attached hydrogens (primary N) is 1. The Hall–Kier alpha value is -2.92. The van der Waals surface area contributed by atoms with Gasteiger partial charge in [-0.05, 0) is 11.1 Å². The molecule has 1 amide bonds. The summed E-state index contributed by atoms with van der Waals surface area (Å²) >= 11 is 0.